The molecule has 0 saturated heterocycles. The van der Waals surface area contributed by atoms with Crippen LogP contribution in [0, 0.1) is 18.3 Å². The summed E-state index contributed by atoms with van der Waals surface area (Å²) in [6.07, 6.45) is 0. The second kappa shape index (κ2) is 6.52. The van der Waals surface area contributed by atoms with E-state index in [1.165, 1.54) is 0 Å². The average Bonchev–Trinajstić information content (AvgIpc) is 2.55. The van der Waals surface area contributed by atoms with Crippen molar-refractivity contribution in [3.8, 4) is 28.5 Å². The van der Waals surface area contributed by atoms with Crippen LogP contribution in [0.5, 0.6) is 0 Å². The highest BCUT2D eigenvalue weighted by Gasteiger charge is 2.15. The predicted molar refractivity (Wildman–Crippen MR) is 99.0 cm³/mol. The van der Waals surface area contributed by atoms with E-state index >= 15 is 0 Å². The third-order valence-electron chi connectivity index (χ3n) is 3.73. The lowest BCUT2D eigenvalue weighted by atomic mass is 9.98. The van der Waals surface area contributed by atoms with Gasteiger partial charge in [-0.15, -0.1) is 0 Å². The lowest BCUT2D eigenvalue weighted by Crippen LogP contribution is -2.00. The van der Waals surface area contributed by atoms with E-state index in [4.69, 9.17) is 28.9 Å². The topological polar surface area (TPSA) is 62.7 Å². The van der Waals surface area contributed by atoms with Crippen molar-refractivity contribution >= 4 is 29.0 Å². The molecule has 0 saturated carbocycles. The second-order valence-corrected chi connectivity index (χ2v) is 6.26. The van der Waals surface area contributed by atoms with Crippen LogP contribution in [0.1, 0.15) is 11.1 Å². The number of hydrogen-bond acceptors (Lipinski definition) is 3. The van der Waals surface area contributed by atoms with Gasteiger partial charge in [0.05, 0.1) is 5.69 Å². The number of nitrogens with two attached hydrogens (primary N) is 1. The van der Waals surface area contributed by atoms with Crippen LogP contribution < -0.4 is 5.73 Å². The molecule has 0 fully saturated rings. The Kier molecular flexibility index (Phi) is 4.44. The maximum Gasteiger partial charge on any atom is 0.142 e. The SMILES string of the molecule is Cc1ccc(-c2cc(-c3ccc(Cl)cc3Cl)c(C#N)c(N)n2)cc1. The zero-order valence-corrected chi connectivity index (χ0v) is 14.4. The van der Waals surface area contributed by atoms with E-state index in [1.807, 2.05) is 37.3 Å². The summed E-state index contributed by atoms with van der Waals surface area (Å²) in [6, 6.07) is 17.0. The summed E-state index contributed by atoms with van der Waals surface area (Å²) in [5.74, 6) is 0.177. The Morgan fingerprint density at radius 3 is 2.33 bits per heavy atom. The van der Waals surface area contributed by atoms with Crippen molar-refractivity contribution in [2.75, 3.05) is 5.73 Å². The summed E-state index contributed by atoms with van der Waals surface area (Å²) < 4.78 is 0. The van der Waals surface area contributed by atoms with Crippen LogP contribution in [-0.2, 0) is 0 Å². The average molecular weight is 354 g/mol. The highest BCUT2D eigenvalue weighted by Crippen LogP contribution is 2.36. The van der Waals surface area contributed by atoms with Gasteiger partial charge < -0.3 is 5.73 Å². The van der Waals surface area contributed by atoms with Crippen molar-refractivity contribution in [2.24, 2.45) is 0 Å². The van der Waals surface area contributed by atoms with E-state index in [9.17, 15) is 5.26 Å². The van der Waals surface area contributed by atoms with Crippen molar-refractivity contribution in [3.05, 3.63) is 69.7 Å². The number of nitrogen functional groups attached to an aromatic ring is 1. The van der Waals surface area contributed by atoms with Crippen molar-refractivity contribution < 1.29 is 0 Å². The van der Waals surface area contributed by atoms with Gasteiger partial charge in [0.1, 0.15) is 17.5 Å². The first-order valence-electron chi connectivity index (χ1n) is 7.22. The van der Waals surface area contributed by atoms with Gasteiger partial charge in [-0.05, 0) is 25.1 Å². The van der Waals surface area contributed by atoms with Gasteiger partial charge in [0.15, 0.2) is 0 Å². The van der Waals surface area contributed by atoms with Crippen LogP contribution >= 0.6 is 23.2 Å². The maximum atomic E-state index is 9.46. The first kappa shape index (κ1) is 16.3. The number of anilines is 1. The normalized spacial score (nSPS) is 10.4. The summed E-state index contributed by atoms with van der Waals surface area (Å²) >= 11 is 12.3. The number of halogens is 2. The van der Waals surface area contributed by atoms with Crippen LogP contribution in [0.2, 0.25) is 10.0 Å². The number of nitriles is 1. The Morgan fingerprint density at radius 1 is 1.00 bits per heavy atom. The molecule has 2 N–H and O–H groups in total. The zero-order valence-electron chi connectivity index (χ0n) is 12.8. The number of rotatable bonds is 2. The fraction of sp³-hybridized carbons (Fsp3) is 0.0526. The minimum absolute atomic E-state index is 0.177. The maximum absolute atomic E-state index is 9.46. The van der Waals surface area contributed by atoms with E-state index in [1.54, 1.807) is 18.2 Å². The van der Waals surface area contributed by atoms with Crippen molar-refractivity contribution in [1.29, 1.82) is 5.26 Å². The Balaban J connectivity index is 2.24. The first-order valence-corrected chi connectivity index (χ1v) is 7.98. The van der Waals surface area contributed by atoms with Gasteiger partial charge >= 0.3 is 0 Å². The molecule has 0 unspecified atom stereocenters. The molecule has 1 aromatic heterocycles. The number of nitrogens with zero attached hydrogens (tertiary/aromatic N) is 2. The van der Waals surface area contributed by atoms with Gasteiger partial charge in [0.2, 0.25) is 0 Å². The Bertz CT molecular complexity index is 958. The molecule has 5 heteroatoms. The van der Waals surface area contributed by atoms with Crippen LogP contribution in [0.3, 0.4) is 0 Å². The summed E-state index contributed by atoms with van der Waals surface area (Å²) in [7, 11) is 0. The molecule has 3 aromatic rings. The molecule has 0 bridgehead atoms. The Labute approximate surface area is 150 Å². The Morgan fingerprint density at radius 2 is 1.71 bits per heavy atom. The van der Waals surface area contributed by atoms with Crippen LogP contribution in [0.25, 0.3) is 22.4 Å². The van der Waals surface area contributed by atoms with Gasteiger partial charge in [0.25, 0.3) is 0 Å². The molecule has 1 heterocycles. The van der Waals surface area contributed by atoms with Gasteiger partial charge in [-0.25, -0.2) is 4.98 Å². The van der Waals surface area contributed by atoms with E-state index in [-0.39, 0.29) is 5.82 Å². The molecule has 0 atom stereocenters. The van der Waals surface area contributed by atoms with Gasteiger partial charge in [-0.1, -0.05) is 59.1 Å². The molecule has 0 amide bonds. The quantitative estimate of drug-likeness (QED) is 0.662. The molecular weight excluding hydrogens is 341 g/mol. The molecule has 2 aromatic carbocycles. The number of aromatic nitrogens is 1. The predicted octanol–water partition coefficient (Wildman–Crippen LogP) is 5.48. The summed E-state index contributed by atoms with van der Waals surface area (Å²) in [5.41, 5.74) is 10.4. The molecular formula is C19H13Cl2N3. The smallest absolute Gasteiger partial charge is 0.142 e. The van der Waals surface area contributed by atoms with Gasteiger partial charge in [-0.3, -0.25) is 0 Å². The lowest BCUT2D eigenvalue weighted by Gasteiger charge is -2.12. The van der Waals surface area contributed by atoms with E-state index in [0.29, 0.717) is 32.4 Å². The van der Waals surface area contributed by atoms with E-state index < -0.39 is 0 Å². The molecule has 24 heavy (non-hydrogen) atoms. The summed E-state index contributed by atoms with van der Waals surface area (Å²) in [6.45, 7) is 2.02. The van der Waals surface area contributed by atoms with E-state index in [0.717, 1.165) is 11.1 Å². The number of pyridine rings is 1. The van der Waals surface area contributed by atoms with Crippen molar-refractivity contribution in [2.45, 2.75) is 6.92 Å². The third kappa shape index (κ3) is 3.07. The largest absolute Gasteiger partial charge is 0.383 e. The fourth-order valence-electron chi connectivity index (χ4n) is 2.47. The minimum Gasteiger partial charge on any atom is -0.383 e. The third-order valence-corrected chi connectivity index (χ3v) is 4.28. The van der Waals surface area contributed by atoms with Gasteiger partial charge in [0, 0.05) is 26.7 Å². The highest BCUT2D eigenvalue weighted by molar-refractivity contribution is 6.36. The van der Waals surface area contributed by atoms with Crippen LogP contribution in [0.4, 0.5) is 5.82 Å². The summed E-state index contributed by atoms with van der Waals surface area (Å²) in [4.78, 5) is 4.36. The number of aryl methyl sites for hydroxylation is 1. The number of hydrogen-bond donors (Lipinski definition) is 1. The van der Waals surface area contributed by atoms with Crippen LogP contribution in [0.15, 0.2) is 48.5 Å². The summed E-state index contributed by atoms with van der Waals surface area (Å²) in [5, 5.41) is 10.5. The van der Waals surface area contributed by atoms with Crippen molar-refractivity contribution in [3.63, 3.8) is 0 Å². The van der Waals surface area contributed by atoms with Gasteiger partial charge in [-0.2, -0.15) is 5.26 Å². The monoisotopic (exact) mass is 353 g/mol. The molecule has 0 aliphatic carbocycles. The molecule has 118 valence electrons. The van der Waals surface area contributed by atoms with Crippen molar-refractivity contribution in [1.82, 2.24) is 4.98 Å². The Hall–Kier alpha value is -2.54. The highest BCUT2D eigenvalue weighted by atomic mass is 35.5. The lowest BCUT2D eigenvalue weighted by molar-refractivity contribution is 1.30. The minimum atomic E-state index is 0.177. The molecule has 0 aliphatic rings. The zero-order chi connectivity index (χ0) is 17.3. The molecule has 0 spiro atoms. The second-order valence-electron chi connectivity index (χ2n) is 5.42. The molecule has 0 radical (unpaired) electrons. The standard InChI is InChI=1S/C19H13Cl2N3/c1-11-2-4-12(5-3-11)18-9-15(16(10-22)19(23)24-18)14-7-6-13(20)8-17(14)21/h2-9H,1H3,(H2,23,24). The van der Waals surface area contributed by atoms with Crippen LogP contribution in [-0.4, -0.2) is 4.98 Å². The molecule has 0 aliphatic heterocycles. The molecule has 3 rings (SSSR count). The molecule has 3 nitrogen and oxygen atoms in total. The number of benzene rings is 2. The fourth-order valence-corrected chi connectivity index (χ4v) is 2.99. The van der Waals surface area contributed by atoms with E-state index in [2.05, 4.69) is 11.1 Å². The first-order chi connectivity index (χ1) is 11.5.